The Morgan fingerprint density at radius 1 is 1.07 bits per heavy atom. The van der Waals surface area contributed by atoms with Crippen LogP contribution < -0.4 is 16.4 Å². The second-order valence-corrected chi connectivity index (χ2v) is 7.60. The second-order valence-electron chi connectivity index (χ2n) is 7.60. The molecule has 4 rings (SSSR count). The van der Waals surface area contributed by atoms with Crippen molar-refractivity contribution in [2.45, 2.75) is 24.8 Å². The fourth-order valence-corrected chi connectivity index (χ4v) is 4.34. The van der Waals surface area contributed by atoms with Gasteiger partial charge in [0.1, 0.15) is 0 Å². The van der Waals surface area contributed by atoms with Crippen LogP contribution in [0, 0.1) is 5.92 Å². The van der Waals surface area contributed by atoms with E-state index in [9.17, 15) is 9.59 Å². The van der Waals surface area contributed by atoms with E-state index in [0.29, 0.717) is 18.5 Å². The molecular weight excluding hydrogens is 380 g/mol. The number of methoxy groups -OCH3 is 1. The Hall–Kier alpha value is -3.16. The summed E-state index contributed by atoms with van der Waals surface area (Å²) in [5, 5.41) is 5.78. The molecule has 7 heteroatoms. The molecule has 0 bridgehead atoms. The molecule has 3 aromatic rings. The standard InChI is InChI=1S/C23H26N4O3/c1-30-20(28)13-17(18-14-24-26-22(18)16-10-6-3-7-11-16)21-19(25-27-23(21)29)12-15-8-4-2-5-9-15/h2-11,17-18,22,24,26H,12-14H2,1H3,(H2,25,27,29). The van der Waals surface area contributed by atoms with Crippen molar-refractivity contribution in [1.82, 2.24) is 21.0 Å². The number of benzene rings is 2. The van der Waals surface area contributed by atoms with E-state index >= 15 is 0 Å². The van der Waals surface area contributed by atoms with E-state index in [0.717, 1.165) is 16.8 Å². The number of ether oxygens (including phenoxy) is 1. The minimum atomic E-state index is -0.329. The molecule has 0 spiro atoms. The van der Waals surface area contributed by atoms with Gasteiger partial charge in [0, 0.05) is 36.1 Å². The van der Waals surface area contributed by atoms with E-state index in [4.69, 9.17) is 4.74 Å². The van der Waals surface area contributed by atoms with Crippen molar-refractivity contribution in [2.75, 3.05) is 13.7 Å². The maximum Gasteiger partial charge on any atom is 0.306 e. The first-order valence-electron chi connectivity index (χ1n) is 10.1. The average molecular weight is 406 g/mol. The number of carbonyl (C=O) groups excluding carboxylic acids is 1. The smallest absolute Gasteiger partial charge is 0.306 e. The number of hydrazine groups is 1. The molecule has 1 aromatic heterocycles. The molecule has 4 N–H and O–H groups in total. The van der Waals surface area contributed by atoms with Crippen molar-refractivity contribution in [1.29, 1.82) is 0 Å². The summed E-state index contributed by atoms with van der Waals surface area (Å²) in [5.41, 5.74) is 9.98. The minimum absolute atomic E-state index is 0.00192. The molecule has 1 saturated heterocycles. The predicted octanol–water partition coefficient (Wildman–Crippen LogP) is 2.41. The summed E-state index contributed by atoms with van der Waals surface area (Å²) in [6.45, 7) is 0.636. The highest BCUT2D eigenvalue weighted by atomic mass is 16.5. The lowest BCUT2D eigenvalue weighted by Gasteiger charge is -2.27. The third-order valence-electron chi connectivity index (χ3n) is 5.80. The molecule has 2 aromatic carbocycles. The van der Waals surface area contributed by atoms with E-state index in [1.807, 2.05) is 48.5 Å². The maximum absolute atomic E-state index is 12.9. The zero-order valence-electron chi connectivity index (χ0n) is 16.9. The number of esters is 1. The van der Waals surface area contributed by atoms with E-state index in [1.54, 1.807) is 0 Å². The Morgan fingerprint density at radius 2 is 1.77 bits per heavy atom. The fraction of sp³-hybridized carbons (Fsp3) is 0.304. The predicted molar refractivity (Wildman–Crippen MR) is 114 cm³/mol. The lowest BCUT2D eigenvalue weighted by molar-refractivity contribution is -0.141. The largest absolute Gasteiger partial charge is 0.469 e. The number of nitrogens with one attached hydrogen (secondary N) is 4. The normalized spacial score (nSPS) is 19.5. The first-order chi connectivity index (χ1) is 14.7. The van der Waals surface area contributed by atoms with Crippen LogP contribution in [0.4, 0.5) is 0 Å². The van der Waals surface area contributed by atoms with Gasteiger partial charge in [0.15, 0.2) is 0 Å². The molecule has 1 aliphatic heterocycles. The SMILES string of the molecule is COC(=O)CC(c1c(Cc2ccccc2)[nH][nH]c1=O)C1CNNC1c1ccccc1. The van der Waals surface area contributed by atoms with Gasteiger partial charge in [-0.2, -0.15) is 0 Å². The van der Waals surface area contributed by atoms with Crippen molar-refractivity contribution < 1.29 is 9.53 Å². The Labute approximate surface area is 174 Å². The lowest BCUT2D eigenvalue weighted by atomic mass is 9.77. The summed E-state index contributed by atoms with van der Waals surface area (Å²) in [5.74, 6) is -0.637. The number of rotatable bonds is 7. The first-order valence-corrected chi connectivity index (χ1v) is 10.1. The molecule has 0 saturated carbocycles. The topological polar surface area (TPSA) is 99.0 Å². The van der Waals surface area contributed by atoms with Gasteiger partial charge < -0.3 is 9.84 Å². The highest BCUT2D eigenvalue weighted by Gasteiger charge is 2.39. The molecule has 1 fully saturated rings. The fourth-order valence-electron chi connectivity index (χ4n) is 4.34. The Bertz CT molecular complexity index is 1030. The van der Waals surface area contributed by atoms with Crippen molar-refractivity contribution in [3.8, 4) is 0 Å². The lowest BCUT2D eigenvalue weighted by Crippen LogP contribution is -2.29. The number of hydrogen-bond acceptors (Lipinski definition) is 5. The van der Waals surface area contributed by atoms with Crippen molar-refractivity contribution >= 4 is 5.97 Å². The van der Waals surface area contributed by atoms with Crippen molar-refractivity contribution in [3.63, 3.8) is 0 Å². The van der Waals surface area contributed by atoms with Crippen molar-refractivity contribution in [2.24, 2.45) is 5.92 Å². The molecule has 7 nitrogen and oxygen atoms in total. The third-order valence-corrected chi connectivity index (χ3v) is 5.80. The van der Waals surface area contributed by atoms with E-state index in [1.165, 1.54) is 7.11 Å². The highest BCUT2D eigenvalue weighted by Crippen LogP contribution is 2.38. The molecule has 156 valence electrons. The zero-order chi connectivity index (χ0) is 20.9. The van der Waals surface area contributed by atoms with Crippen LogP contribution in [0.25, 0.3) is 0 Å². The summed E-state index contributed by atoms with van der Waals surface area (Å²) in [7, 11) is 1.38. The Morgan fingerprint density at radius 3 is 2.47 bits per heavy atom. The minimum Gasteiger partial charge on any atom is -0.469 e. The van der Waals surface area contributed by atoms with E-state index in [-0.39, 0.29) is 35.8 Å². The maximum atomic E-state index is 12.9. The number of hydrogen-bond donors (Lipinski definition) is 4. The van der Waals surface area contributed by atoms with Gasteiger partial charge in [0.05, 0.1) is 19.6 Å². The average Bonchev–Trinajstić information content (AvgIpc) is 3.40. The van der Waals surface area contributed by atoms with Crippen LogP contribution in [0.1, 0.15) is 40.8 Å². The summed E-state index contributed by atoms with van der Waals surface area (Å²) in [6, 6.07) is 20.0. The van der Waals surface area contributed by atoms with Crippen LogP contribution >= 0.6 is 0 Å². The monoisotopic (exact) mass is 406 g/mol. The summed E-state index contributed by atoms with van der Waals surface area (Å²) in [4.78, 5) is 25.2. The summed E-state index contributed by atoms with van der Waals surface area (Å²) in [6.07, 6.45) is 0.715. The molecule has 30 heavy (non-hydrogen) atoms. The summed E-state index contributed by atoms with van der Waals surface area (Å²) < 4.78 is 4.98. The Balaban J connectivity index is 1.72. The molecule has 2 heterocycles. The van der Waals surface area contributed by atoms with Crippen LogP contribution in [0.15, 0.2) is 65.5 Å². The van der Waals surface area contributed by atoms with Gasteiger partial charge in [-0.05, 0) is 11.1 Å². The first kappa shape index (κ1) is 20.1. The zero-order valence-corrected chi connectivity index (χ0v) is 16.9. The molecular formula is C23H26N4O3. The third kappa shape index (κ3) is 4.22. The van der Waals surface area contributed by atoms with Crippen LogP contribution in [-0.4, -0.2) is 29.8 Å². The van der Waals surface area contributed by atoms with Gasteiger partial charge in [-0.3, -0.25) is 20.1 Å². The number of H-pyrrole nitrogens is 2. The van der Waals surface area contributed by atoms with E-state index in [2.05, 4.69) is 33.2 Å². The number of aromatic amines is 2. The number of aromatic nitrogens is 2. The van der Waals surface area contributed by atoms with Crippen LogP contribution in [0.5, 0.6) is 0 Å². The quantitative estimate of drug-likeness (QED) is 0.452. The van der Waals surface area contributed by atoms with Crippen LogP contribution in [-0.2, 0) is 16.0 Å². The molecule has 0 aliphatic carbocycles. The van der Waals surface area contributed by atoms with Crippen LogP contribution in [0.3, 0.4) is 0 Å². The van der Waals surface area contributed by atoms with Crippen molar-refractivity contribution in [3.05, 3.63) is 93.4 Å². The molecule has 0 amide bonds. The van der Waals surface area contributed by atoms with E-state index < -0.39 is 0 Å². The summed E-state index contributed by atoms with van der Waals surface area (Å²) >= 11 is 0. The van der Waals surface area contributed by atoms with Gasteiger partial charge in [-0.15, -0.1) is 0 Å². The van der Waals surface area contributed by atoms with Gasteiger partial charge in [-0.25, -0.2) is 5.43 Å². The van der Waals surface area contributed by atoms with Gasteiger partial charge in [0.2, 0.25) is 0 Å². The van der Waals surface area contributed by atoms with Crippen LogP contribution in [0.2, 0.25) is 0 Å². The molecule has 0 radical (unpaired) electrons. The molecule has 1 aliphatic rings. The highest BCUT2D eigenvalue weighted by molar-refractivity contribution is 5.70. The second kappa shape index (κ2) is 9.11. The van der Waals surface area contributed by atoms with Gasteiger partial charge >= 0.3 is 5.97 Å². The van der Waals surface area contributed by atoms with Gasteiger partial charge in [-0.1, -0.05) is 60.7 Å². The molecule has 3 atom stereocenters. The number of carbonyl (C=O) groups is 1. The van der Waals surface area contributed by atoms with Gasteiger partial charge in [0.25, 0.3) is 5.56 Å². The molecule has 3 unspecified atom stereocenters. The Kier molecular flexibility index (Phi) is 6.11.